The van der Waals surface area contributed by atoms with Gasteiger partial charge in [-0.25, -0.2) is 24.7 Å². The summed E-state index contributed by atoms with van der Waals surface area (Å²) in [6.07, 6.45) is 1.81. The summed E-state index contributed by atoms with van der Waals surface area (Å²) in [6, 6.07) is 53.5. The van der Waals surface area contributed by atoms with Crippen LogP contribution in [0.25, 0.3) is 95.4 Å². The molecule has 0 fully saturated rings. The molecule has 254 valence electrons. The molecule has 0 spiro atoms. The smallest absolute Gasteiger partial charge is 0.355 e. The third kappa shape index (κ3) is 5.50. The molecule has 0 aliphatic carbocycles. The van der Waals surface area contributed by atoms with Crippen LogP contribution in [0.1, 0.15) is 0 Å². The van der Waals surface area contributed by atoms with Crippen LogP contribution in [0, 0.1) is 0 Å². The number of hydrogen-bond donors (Lipinski definition) is 0. The molecule has 0 aliphatic rings. The second kappa shape index (κ2) is 12.9. The van der Waals surface area contributed by atoms with Crippen molar-refractivity contribution in [3.05, 3.63) is 180 Å². The Kier molecular flexibility index (Phi) is 7.44. The molecule has 6 aromatic carbocycles. The summed E-state index contributed by atoms with van der Waals surface area (Å²) >= 11 is 0. The maximum Gasteiger partial charge on any atom is 0.355 e. The van der Waals surface area contributed by atoms with Gasteiger partial charge in [0.2, 0.25) is 0 Å². The molecule has 0 aliphatic heterocycles. The number of hydrogen-bond acceptors (Lipinski definition) is 7. The predicted molar refractivity (Wildman–Crippen MR) is 213 cm³/mol. The van der Waals surface area contributed by atoms with Crippen molar-refractivity contribution in [2.45, 2.75) is 0 Å². The monoisotopic (exact) mass is 696 g/mol. The van der Waals surface area contributed by atoms with Crippen molar-refractivity contribution in [1.29, 1.82) is 0 Å². The summed E-state index contributed by atoms with van der Waals surface area (Å²) < 4.78 is 8.00. The summed E-state index contributed by atoms with van der Waals surface area (Å²) in [4.78, 5) is 38.1. The van der Waals surface area contributed by atoms with Gasteiger partial charge in [-0.2, -0.15) is 4.98 Å². The van der Waals surface area contributed by atoms with Gasteiger partial charge in [0.25, 0.3) is 0 Å². The van der Waals surface area contributed by atoms with Crippen LogP contribution in [0.15, 0.2) is 179 Å². The van der Waals surface area contributed by atoms with Crippen LogP contribution in [0.5, 0.6) is 0 Å². The highest BCUT2D eigenvalue weighted by atomic mass is 16.3. The first kappa shape index (κ1) is 31.2. The lowest BCUT2D eigenvalue weighted by atomic mass is 9.98. The lowest BCUT2D eigenvalue weighted by molar-refractivity contribution is 0.669. The highest BCUT2D eigenvalue weighted by Crippen LogP contribution is 2.39. The highest BCUT2D eigenvalue weighted by molar-refractivity contribution is 6.13. The zero-order chi connectivity index (χ0) is 36.0. The van der Waals surface area contributed by atoms with E-state index in [4.69, 9.17) is 24.4 Å². The molecule has 10 rings (SSSR count). The minimum absolute atomic E-state index is 0.365. The van der Waals surface area contributed by atoms with E-state index in [-0.39, 0.29) is 0 Å². The van der Waals surface area contributed by atoms with Gasteiger partial charge in [0.1, 0.15) is 11.2 Å². The normalized spacial score (nSPS) is 11.4. The first-order valence-corrected chi connectivity index (χ1v) is 17.5. The molecule has 54 heavy (non-hydrogen) atoms. The van der Waals surface area contributed by atoms with Crippen LogP contribution in [0.3, 0.4) is 0 Å². The summed E-state index contributed by atoms with van der Waals surface area (Å²) in [5.41, 5.74) is 8.33. The fourth-order valence-corrected chi connectivity index (χ4v) is 6.94. The van der Waals surface area contributed by atoms with Gasteiger partial charge in [-0.05, 0) is 41.0 Å². The van der Waals surface area contributed by atoms with Gasteiger partial charge in [0.05, 0.1) is 0 Å². The van der Waals surface area contributed by atoms with E-state index in [1.165, 1.54) is 4.40 Å². The first-order chi connectivity index (χ1) is 26.7. The topological polar surface area (TPSA) is 99.1 Å². The third-order valence-electron chi connectivity index (χ3n) is 9.54. The van der Waals surface area contributed by atoms with Crippen molar-refractivity contribution in [2.24, 2.45) is 0 Å². The zero-order valence-corrected chi connectivity index (χ0v) is 28.7. The van der Waals surface area contributed by atoms with E-state index in [2.05, 4.69) is 17.1 Å². The molecule has 0 bridgehead atoms. The van der Waals surface area contributed by atoms with E-state index >= 15 is 0 Å². The molecular weight excluding hydrogens is 669 g/mol. The molecule has 8 heteroatoms. The molecule has 0 unspecified atom stereocenters. The number of fused-ring (bicyclic) bond motifs is 4. The van der Waals surface area contributed by atoms with E-state index in [9.17, 15) is 4.79 Å². The van der Waals surface area contributed by atoms with Crippen molar-refractivity contribution in [2.75, 3.05) is 0 Å². The van der Waals surface area contributed by atoms with Crippen LogP contribution in [0.2, 0.25) is 0 Å². The molecule has 0 amide bonds. The predicted octanol–water partition coefficient (Wildman–Crippen LogP) is 10.2. The quantitative estimate of drug-likeness (QED) is 0.171. The van der Waals surface area contributed by atoms with E-state index in [1.54, 1.807) is 0 Å². The van der Waals surface area contributed by atoms with Crippen molar-refractivity contribution in [3.63, 3.8) is 0 Å². The summed E-state index contributed by atoms with van der Waals surface area (Å²) in [5, 5.41) is 1.75. The van der Waals surface area contributed by atoms with Gasteiger partial charge in [-0.3, -0.25) is 4.40 Å². The Bertz CT molecular complexity index is 3000. The van der Waals surface area contributed by atoms with Gasteiger partial charge in [-0.1, -0.05) is 140 Å². The number of aromatic nitrogens is 6. The summed E-state index contributed by atoms with van der Waals surface area (Å²) in [5.74, 6) is 2.05. The second-order valence-electron chi connectivity index (χ2n) is 12.9. The highest BCUT2D eigenvalue weighted by Gasteiger charge is 2.20. The summed E-state index contributed by atoms with van der Waals surface area (Å²) in [7, 11) is 0. The molecule has 0 radical (unpaired) electrons. The van der Waals surface area contributed by atoms with Crippen molar-refractivity contribution in [1.82, 2.24) is 29.3 Å². The van der Waals surface area contributed by atoms with Crippen LogP contribution in [-0.2, 0) is 0 Å². The maximum atomic E-state index is 13.7. The molecule has 10 aromatic rings. The Hall–Kier alpha value is -7.58. The molecule has 4 aromatic heterocycles. The molecule has 4 heterocycles. The third-order valence-corrected chi connectivity index (χ3v) is 9.54. The SMILES string of the molecule is O=c1nc(-c2ccccc2)nc2c(-c3ccc4oc5cccc(-c6nc(-c7ccccc7)nc(-c7ccccc7)n6)c5c4c3)cc(-c3ccccc3)cn12. The average molecular weight is 697 g/mol. The van der Waals surface area contributed by atoms with Gasteiger partial charge < -0.3 is 4.42 Å². The molecule has 0 atom stereocenters. The van der Waals surface area contributed by atoms with Crippen LogP contribution >= 0.6 is 0 Å². The van der Waals surface area contributed by atoms with Crippen molar-refractivity contribution in [3.8, 4) is 67.8 Å². The molecule has 0 N–H and O–H groups in total. The maximum absolute atomic E-state index is 13.7. The van der Waals surface area contributed by atoms with Crippen molar-refractivity contribution >= 4 is 27.6 Å². The van der Waals surface area contributed by atoms with Crippen LogP contribution < -0.4 is 5.69 Å². The molecule has 8 nitrogen and oxygen atoms in total. The second-order valence-corrected chi connectivity index (χ2v) is 12.9. The minimum atomic E-state index is -0.409. The Morgan fingerprint density at radius 2 is 0.963 bits per heavy atom. The average Bonchev–Trinajstić information content (AvgIpc) is 3.63. The number of rotatable bonds is 6. The fraction of sp³-hybridized carbons (Fsp3) is 0. The Balaban J connectivity index is 1.22. The van der Waals surface area contributed by atoms with E-state index in [0.29, 0.717) is 40.1 Å². The van der Waals surface area contributed by atoms with E-state index in [1.807, 2.05) is 158 Å². The van der Waals surface area contributed by atoms with E-state index < -0.39 is 5.69 Å². The standard InChI is InChI=1S/C46H28N6O2/c53-46-51-43(32-20-11-4-12-21-32)50-45-36(27-34(28-52(45)46)29-14-5-1-6-15-29)33-24-25-38-37(26-33)40-35(22-13-23-39(40)54-38)44-48-41(30-16-7-2-8-17-30)47-42(49-44)31-18-9-3-10-19-31/h1-28H. The number of benzene rings is 6. The Labute approximate surface area is 308 Å². The molecule has 0 saturated heterocycles. The van der Waals surface area contributed by atoms with Gasteiger partial charge >= 0.3 is 5.69 Å². The van der Waals surface area contributed by atoms with Crippen LogP contribution in [-0.4, -0.2) is 29.3 Å². The number of nitrogens with zero attached hydrogens (tertiary/aromatic N) is 6. The van der Waals surface area contributed by atoms with Gasteiger partial charge in [0, 0.05) is 44.8 Å². The van der Waals surface area contributed by atoms with Gasteiger partial charge in [-0.15, -0.1) is 0 Å². The van der Waals surface area contributed by atoms with Gasteiger partial charge in [0.15, 0.2) is 28.9 Å². The first-order valence-electron chi connectivity index (χ1n) is 17.5. The minimum Gasteiger partial charge on any atom is -0.456 e. The van der Waals surface area contributed by atoms with Crippen LogP contribution in [0.4, 0.5) is 0 Å². The zero-order valence-electron chi connectivity index (χ0n) is 28.7. The fourth-order valence-electron chi connectivity index (χ4n) is 6.94. The number of pyridine rings is 1. The largest absolute Gasteiger partial charge is 0.456 e. The lowest BCUT2D eigenvalue weighted by Gasteiger charge is -2.13. The summed E-state index contributed by atoms with van der Waals surface area (Å²) in [6.45, 7) is 0. The Morgan fingerprint density at radius 3 is 1.57 bits per heavy atom. The van der Waals surface area contributed by atoms with Crippen molar-refractivity contribution < 1.29 is 4.42 Å². The molecule has 0 saturated carbocycles. The van der Waals surface area contributed by atoms with E-state index in [0.717, 1.165) is 55.3 Å². The number of furan rings is 1. The molecular formula is C46H28N6O2. The Morgan fingerprint density at radius 1 is 0.407 bits per heavy atom. The lowest BCUT2D eigenvalue weighted by Crippen LogP contribution is -2.20.